The molecule has 1 N–H and O–H groups in total. The summed E-state index contributed by atoms with van der Waals surface area (Å²) < 4.78 is 34.6. The minimum Gasteiger partial charge on any atom is -0.498 e. The van der Waals surface area contributed by atoms with Crippen molar-refractivity contribution in [2.24, 2.45) is 0 Å². The summed E-state index contributed by atoms with van der Waals surface area (Å²) in [5.74, 6) is -0.424. The number of ether oxygens (including phenoxy) is 2. The van der Waals surface area contributed by atoms with E-state index in [0.717, 1.165) is 57.8 Å². The van der Waals surface area contributed by atoms with E-state index in [1.54, 1.807) is 6.26 Å². The van der Waals surface area contributed by atoms with Gasteiger partial charge in [0.2, 0.25) is 0 Å². The van der Waals surface area contributed by atoms with E-state index in [9.17, 15) is 14.3 Å². The molecule has 0 aromatic rings. The van der Waals surface area contributed by atoms with E-state index < -0.39 is 19.9 Å². The first-order valence-electron chi connectivity index (χ1n) is 22.0. The highest BCUT2D eigenvalue weighted by Crippen LogP contribution is 2.43. The van der Waals surface area contributed by atoms with Crippen LogP contribution >= 0.6 is 7.82 Å². The molecule has 0 radical (unpaired) electrons. The predicted octanol–water partition coefficient (Wildman–Crippen LogP) is 13.4. The number of nitrogens with zero attached hydrogens (tertiary/aromatic N) is 1. The van der Waals surface area contributed by atoms with Crippen LogP contribution < -0.4 is 0 Å². The van der Waals surface area contributed by atoms with E-state index in [4.69, 9.17) is 18.5 Å². The normalized spacial score (nSPS) is 14.6. The second kappa shape index (κ2) is 40.1. The smallest absolute Gasteiger partial charge is 0.472 e. The van der Waals surface area contributed by atoms with Gasteiger partial charge in [-0.3, -0.25) is 13.8 Å². The van der Waals surface area contributed by atoms with Gasteiger partial charge in [-0.2, -0.15) is 0 Å². The molecular weight excluding hydrogens is 734 g/mol. The number of carbonyl (C=O) groups is 1. The van der Waals surface area contributed by atoms with Crippen molar-refractivity contribution in [1.29, 1.82) is 0 Å². The third-order valence-electron chi connectivity index (χ3n) is 8.71. The molecule has 0 rings (SSSR count). The van der Waals surface area contributed by atoms with Crippen molar-refractivity contribution in [2.45, 2.75) is 155 Å². The maximum Gasteiger partial charge on any atom is 0.472 e. The van der Waals surface area contributed by atoms with Gasteiger partial charge in [0.25, 0.3) is 0 Å². The van der Waals surface area contributed by atoms with Crippen LogP contribution in [0.5, 0.6) is 0 Å². The Morgan fingerprint density at radius 2 is 1.04 bits per heavy atom. The Morgan fingerprint density at radius 1 is 0.579 bits per heavy atom. The number of allylic oxidation sites excluding steroid dienone is 15. The zero-order chi connectivity index (χ0) is 42.0. The average molecular weight is 817 g/mol. The van der Waals surface area contributed by atoms with Gasteiger partial charge in [0.15, 0.2) is 6.10 Å². The van der Waals surface area contributed by atoms with Crippen LogP contribution in [-0.2, 0) is 27.9 Å². The maximum atomic E-state index is 12.6. The molecule has 0 aliphatic heterocycles. The molecule has 0 amide bonds. The van der Waals surface area contributed by atoms with Crippen LogP contribution in [0.15, 0.2) is 97.4 Å². The van der Waals surface area contributed by atoms with Crippen molar-refractivity contribution in [2.75, 3.05) is 47.5 Å². The number of unbranched alkanes of at least 4 members (excludes halogenated alkanes) is 11. The van der Waals surface area contributed by atoms with Gasteiger partial charge < -0.3 is 18.9 Å². The van der Waals surface area contributed by atoms with Crippen LogP contribution in [0.2, 0.25) is 0 Å². The van der Waals surface area contributed by atoms with E-state index in [-0.39, 0.29) is 26.2 Å². The lowest BCUT2D eigenvalue weighted by atomic mass is 10.1. The molecule has 9 heteroatoms. The summed E-state index contributed by atoms with van der Waals surface area (Å²) in [6.07, 6.45) is 55.5. The number of phosphoric ester groups is 1. The number of hydrogen-bond donors (Lipinski definition) is 1. The number of likely N-dealkylation sites (N-methyl/N-ethyl adjacent to an activating group) is 1. The zero-order valence-electron chi connectivity index (χ0n) is 36.8. The summed E-state index contributed by atoms with van der Waals surface area (Å²) in [5.41, 5.74) is 0. The molecule has 0 spiro atoms. The summed E-state index contributed by atoms with van der Waals surface area (Å²) in [7, 11) is 1.57. The SMILES string of the molecule is CC/C=C\C/C=C\C/C=C\C/C=C\C/C=C\C/C=C\CCC(=O)O[C@H](CO/C=C\CCCCCC/C=C\CCCCCCCC)COP(=O)(O)OCC[N+](C)(C)C. The first-order valence-corrected chi connectivity index (χ1v) is 23.5. The van der Waals surface area contributed by atoms with Crippen LogP contribution in [0.25, 0.3) is 0 Å². The highest BCUT2D eigenvalue weighted by molar-refractivity contribution is 7.47. The Bertz CT molecular complexity index is 1230. The molecule has 0 fully saturated rings. The molecule has 2 atom stereocenters. The third-order valence-corrected chi connectivity index (χ3v) is 9.69. The van der Waals surface area contributed by atoms with Crippen molar-refractivity contribution in [3.63, 3.8) is 0 Å². The quantitative estimate of drug-likeness (QED) is 0.0165. The van der Waals surface area contributed by atoms with Gasteiger partial charge in [0.05, 0.1) is 34.0 Å². The summed E-state index contributed by atoms with van der Waals surface area (Å²) in [6.45, 7) is 4.69. The van der Waals surface area contributed by atoms with Gasteiger partial charge in [-0.1, -0.05) is 144 Å². The maximum absolute atomic E-state index is 12.6. The lowest BCUT2D eigenvalue weighted by Crippen LogP contribution is -2.37. The first kappa shape index (κ1) is 54.3. The average Bonchev–Trinajstić information content (AvgIpc) is 3.16. The summed E-state index contributed by atoms with van der Waals surface area (Å²) in [5, 5.41) is 0. The standard InChI is InChI=1S/C48H82NO7P/c1-6-8-10-12-14-16-18-20-22-24-25-26-27-29-31-33-35-37-39-41-48(50)56-47(46-55-57(51,52)54-44-42-49(3,4)5)45-53-43-40-38-36-34-32-30-28-23-21-19-17-15-13-11-9-7-2/h8,10,14,16,20-23,25-26,29,31,35,37,40,43,47H,6-7,9,11-13,15,17-19,24,27-28,30,32-34,36,38-39,41-42,44-46H2,1-5H3/p+1/b10-8-,16-14-,22-20-,23-21-,26-25-,31-29-,37-35-,43-40-/t47-/m1/s1. The Labute approximate surface area is 349 Å². The lowest BCUT2D eigenvalue weighted by Gasteiger charge is -2.24. The van der Waals surface area contributed by atoms with Gasteiger partial charge >= 0.3 is 13.8 Å². The summed E-state index contributed by atoms with van der Waals surface area (Å²) in [6, 6.07) is 0. The highest BCUT2D eigenvalue weighted by atomic mass is 31.2. The third kappa shape index (κ3) is 44.2. The molecule has 0 aliphatic rings. The number of hydrogen-bond acceptors (Lipinski definition) is 6. The van der Waals surface area contributed by atoms with E-state index in [1.165, 1.54) is 64.2 Å². The lowest BCUT2D eigenvalue weighted by molar-refractivity contribution is -0.870. The largest absolute Gasteiger partial charge is 0.498 e. The molecule has 0 bridgehead atoms. The molecular formula is C48H83NO7P+. The van der Waals surface area contributed by atoms with Crippen molar-refractivity contribution >= 4 is 13.8 Å². The molecule has 0 saturated heterocycles. The van der Waals surface area contributed by atoms with Crippen molar-refractivity contribution < 1.29 is 37.3 Å². The fourth-order valence-electron chi connectivity index (χ4n) is 5.30. The monoisotopic (exact) mass is 817 g/mol. The molecule has 0 aromatic heterocycles. The number of quaternary nitrogens is 1. The van der Waals surface area contributed by atoms with Gasteiger partial charge in [0.1, 0.15) is 19.8 Å². The van der Waals surface area contributed by atoms with Crippen LogP contribution in [0.1, 0.15) is 149 Å². The Hall–Kier alpha value is -2.74. The number of rotatable bonds is 39. The minimum absolute atomic E-state index is 0.00606. The summed E-state index contributed by atoms with van der Waals surface area (Å²) in [4.78, 5) is 22.8. The molecule has 8 nitrogen and oxygen atoms in total. The Kier molecular flexibility index (Phi) is 38.1. The van der Waals surface area contributed by atoms with Gasteiger partial charge in [0, 0.05) is 6.42 Å². The Morgan fingerprint density at radius 3 is 1.54 bits per heavy atom. The number of esters is 1. The minimum atomic E-state index is -4.32. The van der Waals surface area contributed by atoms with Crippen LogP contribution in [-0.4, -0.2) is 69.0 Å². The first-order chi connectivity index (χ1) is 27.6. The molecule has 57 heavy (non-hydrogen) atoms. The molecule has 1 unspecified atom stereocenters. The van der Waals surface area contributed by atoms with Crippen LogP contribution in [0.4, 0.5) is 0 Å². The number of phosphoric acid groups is 1. The van der Waals surface area contributed by atoms with E-state index >= 15 is 0 Å². The Balaban J connectivity index is 4.47. The van der Waals surface area contributed by atoms with Crippen molar-refractivity contribution in [1.82, 2.24) is 0 Å². The van der Waals surface area contributed by atoms with Crippen LogP contribution in [0, 0.1) is 0 Å². The van der Waals surface area contributed by atoms with Crippen molar-refractivity contribution in [3.8, 4) is 0 Å². The second-order valence-corrected chi connectivity index (χ2v) is 16.9. The van der Waals surface area contributed by atoms with E-state index in [0.29, 0.717) is 17.4 Å². The summed E-state index contributed by atoms with van der Waals surface area (Å²) >= 11 is 0. The highest BCUT2D eigenvalue weighted by Gasteiger charge is 2.26. The molecule has 0 heterocycles. The topological polar surface area (TPSA) is 91.3 Å². The molecule has 326 valence electrons. The van der Waals surface area contributed by atoms with Gasteiger partial charge in [-0.15, -0.1) is 0 Å². The van der Waals surface area contributed by atoms with E-state index in [1.807, 2.05) is 39.4 Å². The van der Waals surface area contributed by atoms with E-state index in [2.05, 4.69) is 86.8 Å². The molecule has 0 aliphatic carbocycles. The molecule has 0 saturated carbocycles. The fourth-order valence-corrected chi connectivity index (χ4v) is 6.04. The predicted molar refractivity (Wildman–Crippen MR) is 242 cm³/mol. The van der Waals surface area contributed by atoms with Gasteiger partial charge in [-0.25, -0.2) is 4.57 Å². The number of carbonyl (C=O) groups excluding carboxylic acids is 1. The van der Waals surface area contributed by atoms with Gasteiger partial charge in [-0.05, 0) is 89.5 Å². The molecule has 0 aromatic carbocycles. The fraction of sp³-hybridized carbons (Fsp3) is 0.646. The zero-order valence-corrected chi connectivity index (χ0v) is 37.7. The van der Waals surface area contributed by atoms with Crippen molar-refractivity contribution in [3.05, 3.63) is 97.4 Å². The second-order valence-electron chi connectivity index (χ2n) is 15.4. The van der Waals surface area contributed by atoms with Crippen LogP contribution in [0.3, 0.4) is 0 Å².